The number of halogens is 1. The summed E-state index contributed by atoms with van der Waals surface area (Å²) in [5, 5.41) is 9.58. The molecule has 6 heteroatoms. The molecule has 0 radical (unpaired) electrons. The lowest BCUT2D eigenvalue weighted by Crippen LogP contribution is -2.55. The molecule has 5 nitrogen and oxygen atoms in total. The average molecular weight is 363 g/mol. The molecule has 1 N–H and O–H groups in total. The molecule has 1 spiro atoms. The number of ether oxygens (including phenoxy) is 1. The largest absolute Gasteiger partial charge is 0.480 e. The topological polar surface area (TPSA) is 66.8 Å². The van der Waals surface area contributed by atoms with E-state index in [1.54, 1.807) is 0 Å². The fraction of sp³-hybridized carbons (Fsp3) is 0.600. The third-order valence-corrected chi connectivity index (χ3v) is 5.83. The summed E-state index contributed by atoms with van der Waals surface area (Å²) in [4.78, 5) is 26.1. The van der Waals surface area contributed by atoms with Crippen molar-refractivity contribution in [1.29, 1.82) is 0 Å². The van der Waals surface area contributed by atoms with Gasteiger partial charge in [0.15, 0.2) is 6.04 Å². The second-order valence-corrected chi connectivity index (χ2v) is 8.44. The molecule has 0 bridgehead atoms. The van der Waals surface area contributed by atoms with Crippen LogP contribution < -0.4 is 0 Å². The van der Waals surface area contributed by atoms with Crippen LogP contribution in [0.15, 0.2) is 24.3 Å². The van der Waals surface area contributed by atoms with Crippen LogP contribution in [-0.4, -0.2) is 40.3 Å². The number of amides is 1. The van der Waals surface area contributed by atoms with Gasteiger partial charge in [-0.1, -0.05) is 26.8 Å². The van der Waals surface area contributed by atoms with Crippen LogP contribution in [0.25, 0.3) is 0 Å². The number of carboxylic acid groups (broad SMARTS) is 1. The van der Waals surface area contributed by atoms with Crippen molar-refractivity contribution in [2.24, 2.45) is 11.3 Å². The zero-order valence-corrected chi connectivity index (χ0v) is 15.5. The van der Waals surface area contributed by atoms with Gasteiger partial charge in [-0.15, -0.1) is 0 Å². The summed E-state index contributed by atoms with van der Waals surface area (Å²) in [7, 11) is 0. The van der Waals surface area contributed by atoms with Crippen LogP contribution in [0.3, 0.4) is 0 Å². The van der Waals surface area contributed by atoms with Gasteiger partial charge in [-0.05, 0) is 55.2 Å². The van der Waals surface area contributed by atoms with E-state index in [-0.39, 0.29) is 17.6 Å². The molecule has 1 aromatic carbocycles. The van der Waals surface area contributed by atoms with E-state index in [0.717, 1.165) is 18.9 Å². The van der Waals surface area contributed by atoms with Gasteiger partial charge in [0.2, 0.25) is 0 Å². The predicted octanol–water partition coefficient (Wildman–Crippen LogP) is 3.68. The van der Waals surface area contributed by atoms with Crippen molar-refractivity contribution in [3.63, 3.8) is 0 Å². The Hall–Kier alpha value is -1.95. The zero-order valence-electron chi connectivity index (χ0n) is 15.5. The Morgan fingerprint density at radius 3 is 2.46 bits per heavy atom. The van der Waals surface area contributed by atoms with Crippen molar-refractivity contribution < 1.29 is 23.8 Å². The minimum atomic E-state index is -1.09. The van der Waals surface area contributed by atoms with Gasteiger partial charge in [0, 0.05) is 5.56 Å². The lowest BCUT2D eigenvalue weighted by atomic mass is 9.70. The van der Waals surface area contributed by atoms with E-state index in [4.69, 9.17) is 4.74 Å². The van der Waals surface area contributed by atoms with E-state index in [2.05, 4.69) is 20.8 Å². The van der Waals surface area contributed by atoms with Gasteiger partial charge < -0.3 is 9.84 Å². The molecule has 1 atom stereocenters. The Balaban J connectivity index is 1.90. The summed E-state index contributed by atoms with van der Waals surface area (Å²) in [6.07, 6.45) is 2.92. The van der Waals surface area contributed by atoms with E-state index in [1.807, 2.05) is 0 Å². The Labute approximate surface area is 153 Å². The summed E-state index contributed by atoms with van der Waals surface area (Å²) in [6.45, 7) is 6.55. The molecule has 1 saturated carbocycles. The highest BCUT2D eigenvalue weighted by Crippen LogP contribution is 2.47. The van der Waals surface area contributed by atoms with Crippen molar-refractivity contribution in [3.8, 4) is 0 Å². The first-order valence-electron chi connectivity index (χ1n) is 9.10. The molecule has 1 aromatic rings. The van der Waals surface area contributed by atoms with E-state index in [9.17, 15) is 19.1 Å². The molecule has 2 aliphatic rings. The van der Waals surface area contributed by atoms with E-state index in [1.165, 1.54) is 23.1 Å². The van der Waals surface area contributed by atoms with Crippen LogP contribution in [0.4, 0.5) is 4.39 Å². The summed E-state index contributed by atoms with van der Waals surface area (Å²) < 4.78 is 19.5. The van der Waals surface area contributed by atoms with Crippen molar-refractivity contribution in [2.75, 3.05) is 6.61 Å². The van der Waals surface area contributed by atoms with E-state index < -0.39 is 29.5 Å². The molecule has 0 aromatic heterocycles. The number of benzene rings is 1. The van der Waals surface area contributed by atoms with Gasteiger partial charge in [-0.2, -0.15) is 0 Å². The Kier molecular flexibility index (Phi) is 4.82. The van der Waals surface area contributed by atoms with Crippen LogP contribution >= 0.6 is 0 Å². The smallest absolute Gasteiger partial charge is 0.328 e. The molecule has 26 heavy (non-hydrogen) atoms. The maximum atomic E-state index is 13.6. The Bertz CT molecular complexity index is 704. The lowest BCUT2D eigenvalue weighted by Gasteiger charge is -2.46. The third-order valence-electron chi connectivity index (χ3n) is 5.83. The zero-order chi connectivity index (χ0) is 19.1. The summed E-state index contributed by atoms with van der Waals surface area (Å²) in [6, 6.07) is 4.33. The summed E-state index contributed by atoms with van der Waals surface area (Å²) in [5.41, 5.74) is -0.600. The number of carboxylic acids is 1. The van der Waals surface area contributed by atoms with Crippen LogP contribution in [0.1, 0.15) is 56.8 Å². The molecular weight excluding hydrogens is 337 g/mol. The number of carbonyl (C=O) groups is 2. The highest BCUT2D eigenvalue weighted by Gasteiger charge is 2.54. The lowest BCUT2D eigenvalue weighted by molar-refractivity contribution is -0.144. The van der Waals surface area contributed by atoms with Gasteiger partial charge in [-0.3, -0.25) is 9.69 Å². The third kappa shape index (κ3) is 3.34. The van der Waals surface area contributed by atoms with Crippen molar-refractivity contribution in [3.05, 3.63) is 35.6 Å². The standard InChI is InChI=1S/C20H26FNO4/c1-19(2,3)14-7-9-20(10-8-14)22(16(12-26-20)18(24)25)17(23)13-5-4-6-15(21)11-13/h4-6,11,14,16H,7-10,12H2,1-3H3,(H,24,25). The monoisotopic (exact) mass is 363 g/mol. The highest BCUT2D eigenvalue weighted by molar-refractivity contribution is 5.97. The van der Waals surface area contributed by atoms with Crippen LogP contribution in [0, 0.1) is 17.2 Å². The average Bonchev–Trinajstić information content (AvgIpc) is 2.92. The normalized spacial score (nSPS) is 29.2. The minimum absolute atomic E-state index is 0.0312. The second kappa shape index (κ2) is 6.65. The molecule has 3 rings (SSSR count). The Morgan fingerprint density at radius 1 is 1.27 bits per heavy atom. The van der Waals surface area contributed by atoms with E-state index in [0.29, 0.717) is 18.8 Å². The molecule has 1 aliphatic carbocycles. The van der Waals surface area contributed by atoms with Crippen LogP contribution in [-0.2, 0) is 9.53 Å². The number of hydrogen-bond acceptors (Lipinski definition) is 3. The van der Waals surface area contributed by atoms with Crippen molar-refractivity contribution >= 4 is 11.9 Å². The molecule has 1 saturated heterocycles. The molecule has 1 amide bonds. The van der Waals surface area contributed by atoms with Gasteiger partial charge in [-0.25, -0.2) is 9.18 Å². The molecule has 1 unspecified atom stereocenters. The number of carbonyl (C=O) groups excluding carboxylic acids is 1. The van der Waals surface area contributed by atoms with Gasteiger partial charge >= 0.3 is 5.97 Å². The first-order chi connectivity index (χ1) is 12.1. The van der Waals surface area contributed by atoms with Crippen molar-refractivity contribution in [1.82, 2.24) is 4.90 Å². The van der Waals surface area contributed by atoms with Crippen LogP contribution in [0.5, 0.6) is 0 Å². The van der Waals surface area contributed by atoms with Gasteiger partial charge in [0.25, 0.3) is 5.91 Å². The minimum Gasteiger partial charge on any atom is -0.480 e. The number of aliphatic carboxylic acids is 1. The number of hydrogen-bond donors (Lipinski definition) is 1. The Morgan fingerprint density at radius 2 is 1.92 bits per heavy atom. The predicted molar refractivity (Wildman–Crippen MR) is 94.1 cm³/mol. The summed E-state index contributed by atoms with van der Waals surface area (Å²) >= 11 is 0. The van der Waals surface area contributed by atoms with Gasteiger partial charge in [0.1, 0.15) is 11.5 Å². The fourth-order valence-corrected chi connectivity index (χ4v) is 4.25. The molecule has 1 heterocycles. The molecule has 142 valence electrons. The highest BCUT2D eigenvalue weighted by atomic mass is 19.1. The van der Waals surface area contributed by atoms with Crippen molar-refractivity contribution in [2.45, 2.75) is 58.2 Å². The first-order valence-corrected chi connectivity index (χ1v) is 9.10. The first kappa shape index (κ1) is 18.8. The number of rotatable bonds is 2. The fourth-order valence-electron chi connectivity index (χ4n) is 4.25. The second-order valence-electron chi connectivity index (χ2n) is 8.44. The maximum absolute atomic E-state index is 13.6. The quantitative estimate of drug-likeness (QED) is 0.870. The number of nitrogens with zero attached hydrogens (tertiary/aromatic N) is 1. The maximum Gasteiger partial charge on any atom is 0.328 e. The summed E-state index contributed by atoms with van der Waals surface area (Å²) in [5.74, 6) is -1.60. The molecule has 1 aliphatic heterocycles. The van der Waals surface area contributed by atoms with E-state index >= 15 is 0 Å². The van der Waals surface area contributed by atoms with Crippen LogP contribution in [0.2, 0.25) is 0 Å². The van der Waals surface area contributed by atoms with Gasteiger partial charge in [0.05, 0.1) is 6.61 Å². The SMILES string of the molecule is CC(C)(C)C1CCC2(CC1)OCC(C(=O)O)N2C(=O)c1cccc(F)c1. The molecular formula is C20H26FNO4. The molecule has 2 fully saturated rings.